The topological polar surface area (TPSA) is 138 Å². The third-order valence-electron chi connectivity index (χ3n) is 5.94. The van der Waals surface area contributed by atoms with Gasteiger partial charge in [-0.25, -0.2) is 13.2 Å². The number of benzene rings is 2. The Balaban J connectivity index is 1.79. The summed E-state index contributed by atoms with van der Waals surface area (Å²) in [7, 11) is -2.46. The summed E-state index contributed by atoms with van der Waals surface area (Å²) in [6, 6.07) is 17.3. The molecule has 0 aliphatic rings. The maximum Gasteiger partial charge on any atom is 0.407 e. The van der Waals surface area contributed by atoms with Crippen LogP contribution in [0.1, 0.15) is 25.0 Å². The molecule has 3 rings (SSSR count). The van der Waals surface area contributed by atoms with E-state index in [-0.39, 0.29) is 42.5 Å². The molecule has 1 unspecified atom stereocenters. The zero-order valence-electron chi connectivity index (χ0n) is 22.2. The van der Waals surface area contributed by atoms with E-state index in [1.165, 1.54) is 41.9 Å². The van der Waals surface area contributed by atoms with E-state index < -0.39 is 28.3 Å². The van der Waals surface area contributed by atoms with Gasteiger partial charge in [-0.3, -0.25) is 4.79 Å². The van der Waals surface area contributed by atoms with Gasteiger partial charge >= 0.3 is 6.09 Å². The van der Waals surface area contributed by atoms with Crippen molar-refractivity contribution in [1.82, 2.24) is 14.6 Å². The number of pyridine rings is 1. The Hall–Kier alpha value is -3.67. The molecule has 1 aromatic heterocycles. The normalized spacial score (nSPS) is 13.2. The number of alkyl carbamates (subject to hydrolysis) is 1. The van der Waals surface area contributed by atoms with Gasteiger partial charge in [0.25, 0.3) is 0 Å². The molecule has 1 amide bonds. The molecule has 0 fully saturated rings. The minimum atomic E-state index is -3.96. The van der Waals surface area contributed by atoms with Crippen LogP contribution >= 0.6 is 0 Å². The first-order valence-electron chi connectivity index (χ1n) is 12.6. The highest BCUT2D eigenvalue weighted by atomic mass is 32.2. The zero-order chi connectivity index (χ0) is 28.4. The Bertz CT molecular complexity index is 1340. The van der Waals surface area contributed by atoms with Crippen LogP contribution in [0.25, 0.3) is 0 Å². The maximum absolute atomic E-state index is 13.5. The van der Waals surface area contributed by atoms with Crippen molar-refractivity contribution in [2.24, 2.45) is 5.92 Å². The molecule has 3 N–H and O–H groups in total. The number of hydrogen-bond acceptors (Lipinski definition) is 7. The van der Waals surface area contributed by atoms with Gasteiger partial charge < -0.3 is 24.9 Å². The Morgan fingerprint density at radius 3 is 2.28 bits per heavy atom. The summed E-state index contributed by atoms with van der Waals surface area (Å²) in [5, 5.41) is 14.0. The molecule has 10 nitrogen and oxygen atoms in total. The largest absolute Gasteiger partial charge is 0.497 e. The molecule has 0 aliphatic carbocycles. The first-order chi connectivity index (χ1) is 18.6. The second-order valence-corrected chi connectivity index (χ2v) is 11.5. The summed E-state index contributed by atoms with van der Waals surface area (Å²) in [4.78, 5) is 26.5. The zero-order valence-corrected chi connectivity index (χ0v) is 23.1. The number of H-pyrrole nitrogens is 1. The Kier molecular flexibility index (Phi) is 10.7. The highest BCUT2D eigenvalue weighted by Crippen LogP contribution is 2.21. The predicted molar refractivity (Wildman–Crippen MR) is 147 cm³/mol. The van der Waals surface area contributed by atoms with Crippen molar-refractivity contribution >= 4 is 16.1 Å². The van der Waals surface area contributed by atoms with E-state index in [1.54, 1.807) is 12.1 Å². The van der Waals surface area contributed by atoms with Crippen molar-refractivity contribution in [3.05, 3.63) is 94.4 Å². The number of aliphatic hydroxyl groups is 1. The van der Waals surface area contributed by atoms with Crippen LogP contribution in [0.2, 0.25) is 0 Å². The van der Waals surface area contributed by atoms with Gasteiger partial charge in [-0.15, -0.1) is 0 Å². The van der Waals surface area contributed by atoms with Crippen molar-refractivity contribution in [1.29, 1.82) is 0 Å². The quantitative estimate of drug-likeness (QED) is 0.294. The molecule has 2 atom stereocenters. The van der Waals surface area contributed by atoms with Crippen molar-refractivity contribution in [3.8, 4) is 5.75 Å². The monoisotopic (exact) mass is 557 g/mol. The molecule has 39 heavy (non-hydrogen) atoms. The van der Waals surface area contributed by atoms with Crippen molar-refractivity contribution in [2.45, 2.75) is 43.9 Å². The fraction of sp³-hybridized carbons (Fsp3) is 0.357. The average molecular weight is 558 g/mol. The van der Waals surface area contributed by atoms with Gasteiger partial charge in [0.2, 0.25) is 15.6 Å². The number of amides is 1. The van der Waals surface area contributed by atoms with Crippen LogP contribution in [0, 0.1) is 5.92 Å². The van der Waals surface area contributed by atoms with Gasteiger partial charge in [0.15, 0.2) is 0 Å². The van der Waals surface area contributed by atoms with Gasteiger partial charge in [-0.05, 0) is 48.2 Å². The molecule has 0 aliphatic heterocycles. The predicted octanol–water partition coefficient (Wildman–Crippen LogP) is 2.93. The Labute approximate surface area is 228 Å². The number of carbonyl (C=O) groups excluding carboxylic acids is 1. The molecule has 0 saturated carbocycles. The lowest BCUT2D eigenvalue weighted by Gasteiger charge is -2.30. The fourth-order valence-corrected chi connectivity index (χ4v) is 5.56. The van der Waals surface area contributed by atoms with E-state index >= 15 is 0 Å². The summed E-state index contributed by atoms with van der Waals surface area (Å²) in [5.41, 5.74) is 1.15. The van der Waals surface area contributed by atoms with E-state index in [1.807, 2.05) is 44.2 Å². The maximum atomic E-state index is 13.5. The van der Waals surface area contributed by atoms with E-state index in [0.717, 1.165) is 5.56 Å². The van der Waals surface area contributed by atoms with Gasteiger partial charge in [-0.1, -0.05) is 44.2 Å². The van der Waals surface area contributed by atoms with Crippen LogP contribution < -0.4 is 15.6 Å². The molecular formula is C28H35N3O7S. The third kappa shape index (κ3) is 8.95. The highest BCUT2D eigenvalue weighted by molar-refractivity contribution is 7.89. The molecule has 3 aromatic rings. The van der Waals surface area contributed by atoms with Gasteiger partial charge in [0.1, 0.15) is 12.4 Å². The smallest absolute Gasteiger partial charge is 0.407 e. The van der Waals surface area contributed by atoms with Crippen LogP contribution in [0.15, 0.2) is 82.6 Å². The van der Waals surface area contributed by atoms with Crippen molar-refractivity contribution in [2.75, 3.05) is 20.2 Å². The lowest BCUT2D eigenvalue weighted by molar-refractivity contribution is 0.0873. The SMILES string of the molecule is COc1ccc(S(=O)(=O)N(CC(C)C)CC(O)[C@H](Cc2ccccc2)NC(=O)OCc2ccc(=O)[nH]c2)cc1. The molecule has 210 valence electrons. The Morgan fingerprint density at radius 2 is 1.69 bits per heavy atom. The van der Waals surface area contributed by atoms with Crippen LogP contribution in [0.4, 0.5) is 4.79 Å². The average Bonchev–Trinajstić information content (AvgIpc) is 2.92. The second-order valence-electron chi connectivity index (χ2n) is 9.54. The van der Waals surface area contributed by atoms with E-state index in [4.69, 9.17) is 9.47 Å². The number of rotatable bonds is 13. The fourth-order valence-electron chi connectivity index (χ4n) is 3.94. The van der Waals surface area contributed by atoms with Crippen molar-refractivity contribution in [3.63, 3.8) is 0 Å². The third-order valence-corrected chi connectivity index (χ3v) is 7.79. The molecule has 2 aromatic carbocycles. The number of ether oxygens (including phenoxy) is 2. The van der Waals surface area contributed by atoms with Crippen LogP contribution in [-0.2, 0) is 27.8 Å². The molecule has 0 bridgehead atoms. The van der Waals surface area contributed by atoms with Crippen LogP contribution in [-0.4, -0.2) is 61.3 Å². The van der Waals surface area contributed by atoms with Crippen molar-refractivity contribution < 1.29 is 27.8 Å². The number of aromatic nitrogens is 1. The molecule has 11 heteroatoms. The Morgan fingerprint density at radius 1 is 1.00 bits per heavy atom. The lowest BCUT2D eigenvalue weighted by Crippen LogP contribution is -2.51. The molecule has 0 spiro atoms. The summed E-state index contributed by atoms with van der Waals surface area (Å²) in [6.45, 7) is 3.60. The number of carbonyl (C=O) groups is 1. The highest BCUT2D eigenvalue weighted by Gasteiger charge is 2.31. The first kappa shape index (κ1) is 29.9. The molecule has 0 saturated heterocycles. The number of hydrogen-bond donors (Lipinski definition) is 3. The number of methoxy groups -OCH3 is 1. The van der Waals surface area contributed by atoms with Gasteiger partial charge in [0.05, 0.1) is 24.2 Å². The summed E-state index contributed by atoms with van der Waals surface area (Å²) >= 11 is 0. The second kappa shape index (κ2) is 13.9. The number of aromatic amines is 1. The molecular weight excluding hydrogens is 522 g/mol. The summed E-state index contributed by atoms with van der Waals surface area (Å²) in [6.07, 6.45) is -0.347. The molecule has 0 radical (unpaired) electrons. The number of nitrogens with one attached hydrogen (secondary N) is 2. The number of nitrogens with zero attached hydrogens (tertiary/aromatic N) is 1. The standard InChI is InChI=1S/C28H35N3O7S/c1-20(2)17-31(39(35,36)24-12-10-23(37-3)11-13-24)18-26(32)25(15-21-7-5-4-6-8-21)30-28(34)38-19-22-9-14-27(33)29-16-22/h4-14,16,20,25-26,32H,15,17-19H2,1-3H3,(H,29,33)(H,30,34)/t25-,26?/m0/s1. The van der Waals surface area contributed by atoms with Crippen LogP contribution in [0.3, 0.4) is 0 Å². The lowest BCUT2D eigenvalue weighted by atomic mass is 10.0. The molecule has 1 heterocycles. The van der Waals surface area contributed by atoms with E-state index in [0.29, 0.717) is 11.3 Å². The van der Waals surface area contributed by atoms with Gasteiger partial charge in [-0.2, -0.15) is 4.31 Å². The number of sulfonamides is 1. The van der Waals surface area contributed by atoms with Gasteiger partial charge in [0, 0.05) is 30.9 Å². The van der Waals surface area contributed by atoms with Crippen LogP contribution in [0.5, 0.6) is 5.75 Å². The minimum Gasteiger partial charge on any atom is -0.497 e. The number of aliphatic hydroxyl groups excluding tert-OH is 1. The minimum absolute atomic E-state index is 0.0203. The summed E-state index contributed by atoms with van der Waals surface area (Å²) in [5.74, 6) is 0.505. The van der Waals surface area contributed by atoms with E-state index in [2.05, 4.69) is 10.3 Å². The first-order valence-corrected chi connectivity index (χ1v) is 14.0. The van der Waals surface area contributed by atoms with E-state index in [9.17, 15) is 23.1 Å². The summed E-state index contributed by atoms with van der Waals surface area (Å²) < 4.78 is 38.7.